The average Bonchev–Trinajstić information content (AvgIpc) is 2.51. The number of aryl methyl sites for hydroxylation is 1. The molecule has 21 heavy (non-hydrogen) atoms. The van der Waals surface area contributed by atoms with Gasteiger partial charge in [-0.15, -0.1) is 0 Å². The highest BCUT2D eigenvalue weighted by molar-refractivity contribution is 5.43. The molecular weight excluding hydrogens is 263 g/mol. The van der Waals surface area contributed by atoms with Gasteiger partial charge < -0.3 is 5.11 Å². The number of phenolic OH excluding ortho intramolecular Hbond substituents is 1. The van der Waals surface area contributed by atoms with E-state index in [0.29, 0.717) is 0 Å². The van der Waals surface area contributed by atoms with Crippen LogP contribution in [-0.2, 0) is 5.41 Å². The van der Waals surface area contributed by atoms with E-state index in [0.717, 1.165) is 42.4 Å². The van der Waals surface area contributed by atoms with Crippen molar-refractivity contribution >= 4 is 0 Å². The predicted octanol–water partition coefficient (Wildman–Crippen LogP) is 5.09. The molecule has 2 aromatic carbocycles. The fourth-order valence-corrected chi connectivity index (χ4v) is 3.66. The van der Waals surface area contributed by atoms with Gasteiger partial charge >= 0.3 is 0 Å². The summed E-state index contributed by atoms with van der Waals surface area (Å²) in [6.07, 6.45) is 5.39. The zero-order valence-electron chi connectivity index (χ0n) is 12.4. The molecule has 1 aliphatic rings. The first kappa shape index (κ1) is 14.1. The van der Waals surface area contributed by atoms with Gasteiger partial charge in [-0.3, -0.25) is 0 Å². The van der Waals surface area contributed by atoms with E-state index in [1.807, 2.05) is 31.2 Å². The maximum absolute atomic E-state index is 14.5. The fourth-order valence-electron chi connectivity index (χ4n) is 3.66. The Morgan fingerprint density at radius 3 is 2.29 bits per heavy atom. The van der Waals surface area contributed by atoms with Gasteiger partial charge in [0.1, 0.15) is 11.6 Å². The number of phenols is 1. The molecule has 1 fully saturated rings. The zero-order chi connectivity index (χ0) is 14.9. The Kier molecular flexibility index (Phi) is 3.71. The summed E-state index contributed by atoms with van der Waals surface area (Å²) in [5.41, 5.74) is 2.77. The summed E-state index contributed by atoms with van der Waals surface area (Å²) in [6, 6.07) is 12.7. The largest absolute Gasteiger partial charge is 0.508 e. The minimum absolute atomic E-state index is 0.115. The van der Waals surface area contributed by atoms with E-state index >= 15 is 0 Å². The molecule has 0 heterocycles. The minimum Gasteiger partial charge on any atom is -0.508 e. The van der Waals surface area contributed by atoms with Crippen molar-refractivity contribution in [3.63, 3.8) is 0 Å². The van der Waals surface area contributed by atoms with E-state index in [9.17, 15) is 9.50 Å². The molecule has 0 aromatic heterocycles. The molecule has 1 nitrogen and oxygen atoms in total. The highest BCUT2D eigenvalue weighted by atomic mass is 19.1. The summed E-state index contributed by atoms with van der Waals surface area (Å²) in [5.74, 6) is 0.144. The van der Waals surface area contributed by atoms with E-state index in [1.165, 1.54) is 6.42 Å². The molecular formula is C19H21FO. The summed E-state index contributed by atoms with van der Waals surface area (Å²) in [5, 5.41) is 9.53. The van der Waals surface area contributed by atoms with Gasteiger partial charge in [0.2, 0.25) is 0 Å². The van der Waals surface area contributed by atoms with E-state index in [1.54, 1.807) is 18.2 Å². The number of hydrogen-bond acceptors (Lipinski definition) is 1. The Morgan fingerprint density at radius 1 is 0.952 bits per heavy atom. The van der Waals surface area contributed by atoms with Crippen LogP contribution in [0.15, 0.2) is 42.5 Å². The molecule has 0 amide bonds. The van der Waals surface area contributed by atoms with Crippen LogP contribution in [0.1, 0.15) is 48.8 Å². The van der Waals surface area contributed by atoms with Gasteiger partial charge in [-0.25, -0.2) is 4.39 Å². The standard InChI is InChI=1S/C19H21FO/c1-14-5-10-18(20)17(13-14)19(11-3-2-4-12-19)15-6-8-16(21)9-7-15/h5-10,13,21H,2-4,11-12H2,1H3. The average molecular weight is 284 g/mol. The SMILES string of the molecule is Cc1ccc(F)c(C2(c3ccc(O)cc3)CCCCC2)c1. The van der Waals surface area contributed by atoms with Crippen LogP contribution in [0.2, 0.25) is 0 Å². The second-order valence-electron chi connectivity index (χ2n) is 6.17. The first-order valence-corrected chi connectivity index (χ1v) is 7.68. The smallest absolute Gasteiger partial charge is 0.127 e. The summed E-state index contributed by atoms with van der Waals surface area (Å²) in [7, 11) is 0. The summed E-state index contributed by atoms with van der Waals surface area (Å²) >= 11 is 0. The number of benzene rings is 2. The zero-order valence-corrected chi connectivity index (χ0v) is 12.4. The van der Waals surface area contributed by atoms with Crippen LogP contribution in [0.5, 0.6) is 5.75 Å². The summed E-state index contributed by atoms with van der Waals surface area (Å²) in [6.45, 7) is 2.01. The van der Waals surface area contributed by atoms with Crippen LogP contribution in [0.25, 0.3) is 0 Å². The Morgan fingerprint density at radius 2 is 1.62 bits per heavy atom. The van der Waals surface area contributed by atoms with E-state index in [-0.39, 0.29) is 17.0 Å². The van der Waals surface area contributed by atoms with Crippen molar-refractivity contribution in [2.75, 3.05) is 0 Å². The second-order valence-corrected chi connectivity index (χ2v) is 6.17. The quantitative estimate of drug-likeness (QED) is 0.814. The maximum atomic E-state index is 14.5. The van der Waals surface area contributed by atoms with Gasteiger partial charge in [-0.1, -0.05) is 49.1 Å². The van der Waals surface area contributed by atoms with Crippen molar-refractivity contribution in [1.29, 1.82) is 0 Å². The highest BCUT2D eigenvalue weighted by Crippen LogP contribution is 2.46. The molecule has 2 heteroatoms. The third-order valence-corrected chi connectivity index (χ3v) is 4.76. The molecule has 1 aliphatic carbocycles. The lowest BCUT2D eigenvalue weighted by Gasteiger charge is -2.39. The molecule has 0 bridgehead atoms. The lowest BCUT2D eigenvalue weighted by molar-refractivity contribution is 0.335. The van der Waals surface area contributed by atoms with Crippen LogP contribution < -0.4 is 0 Å². The molecule has 2 aromatic rings. The molecule has 0 radical (unpaired) electrons. The Bertz CT molecular complexity index is 625. The topological polar surface area (TPSA) is 20.2 Å². The lowest BCUT2D eigenvalue weighted by Crippen LogP contribution is -2.31. The first-order chi connectivity index (χ1) is 10.1. The van der Waals surface area contributed by atoms with Crippen molar-refractivity contribution in [3.8, 4) is 5.75 Å². The third kappa shape index (κ3) is 2.55. The van der Waals surface area contributed by atoms with Gasteiger partial charge in [0, 0.05) is 5.41 Å². The number of rotatable bonds is 2. The molecule has 0 saturated heterocycles. The first-order valence-electron chi connectivity index (χ1n) is 7.68. The second kappa shape index (κ2) is 5.51. The van der Waals surface area contributed by atoms with E-state index < -0.39 is 0 Å². The predicted molar refractivity (Wildman–Crippen MR) is 83.1 cm³/mol. The van der Waals surface area contributed by atoms with Crippen LogP contribution in [0.4, 0.5) is 4.39 Å². The Labute approximate surface area is 125 Å². The normalized spacial score (nSPS) is 17.6. The number of aromatic hydroxyl groups is 1. The fraction of sp³-hybridized carbons (Fsp3) is 0.368. The Balaban J connectivity index is 2.16. The van der Waals surface area contributed by atoms with Gasteiger partial charge in [-0.2, -0.15) is 0 Å². The molecule has 3 rings (SSSR count). The summed E-state index contributed by atoms with van der Waals surface area (Å²) in [4.78, 5) is 0. The molecule has 1 N–H and O–H groups in total. The molecule has 110 valence electrons. The van der Waals surface area contributed by atoms with E-state index in [4.69, 9.17) is 0 Å². The highest BCUT2D eigenvalue weighted by Gasteiger charge is 2.37. The van der Waals surface area contributed by atoms with Crippen molar-refractivity contribution < 1.29 is 9.50 Å². The van der Waals surface area contributed by atoms with Gasteiger partial charge in [-0.05, 0) is 49.1 Å². The summed E-state index contributed by atoms with van der Waals surface area (Å²) < 4.78 is 14.5. The molecule has 0 aliphatic heterocycles. The molecule has 0 atom stereocenters. The lowest BCUT2D eigenvalue weighted by atomic mass is 9.65. The maximum Gasteiger partial charge on any atom is 0.127 e. The van der Waals surface area contributed by atoms with Crippen molar-refractivity contribution in [2.45, 2.75) is 44.4 Å². The van der Waals surface area contributed by atoms with Crippen molar-refractivity contribution in [3.05, 3.63) is 65.0 Å². The molecule has 0 unspecified atom stereocenters. The molecule has 0 spiro atoms. The van der Waals surface area contributed by atoms with Crippen molar-refractivity contribution in [1.82, 2.24) is 0 Å². The Hall–Kier alpha value is -1.83. The molecule has 1 saturated carbocycles. The van der Waals surface area contributed by atoms with Gasteiger partial charge in [0.15, 0.2) is 0 Å². The van der Waals surface area contributed by atoms with Crippen LogP contribution in [0.3, 0.4) is 0 Å². The minimum atomic E-state index is -0.248. The van der Waals surface area contributed by atoms with Crippen LogP contribution in [0, 0.1) is 12.7 Å². The van der Waals surface area contributed by atoms with Gasteiger partial charge in [0.25, 0.3) is 0 Å². The third-order valence-electron chi connectivity index (χ3n) is 4.76. The number of halogens is 1. The van der Waals surface area contributed by atoms with Crippen molar-refractivity contribution in [2.24, 2.45) is 0 Å². The monoisotopic (exact) mass is 284 g/mol. The van der Waals surface area contributed by atoms with E-state index in [2.05, 4.69) is 0 Å². The van der Waals surface area contributed by atoms with Crippen LogP contribution in [-0.4, -0.2) is 5.11 Å². The van der Waals surface area contributed by atoms with Gasteiger partial charge in [0.05, 0.1) is 0 Å². The number of hydrogen-bond donors (Lipinski definition) is 1. The van der Waals surface area contributed by atoms with Crippen LogP contribution >= 0.6 is 0 Å².